The fraction of sp³-hybridized carbons (Fsp3) is 0.228. The zero-order valence-corrected chi connectivity index (χ0v) is 42.2. The Balaban J connectivity index is 0.000000155. The number of nitrogens with zero attached hydrogens (tertiary/aromatic N) is 6. The van der Waals surface area contributed by atoms with Gasteiger partial charge < -0.3 is 35.8 Å². The van der Waals surface area contributed by atoms with E-state index >= 15 is 0 Å². The number of amides is 1. The number of carboxylic acids is 1. The van der Waals surface area contributed by atoms with Crippen LogP contribution in [0.3, 0.4) is 0 Å². The second-order valence-electron chi connectivity index (χ2n) is 18.6. The van der Waals surface area contributed by atoms with Crippen molar-refractivity contribution in [1.29, 1.82) is 0 Å². The number of halogens is 3. The van der Waals surface area contributed by atoms with Crippen LogP contribution in [0.25, 0.3) is 65.9 Å². The molecule has 0 radical (unpaired) electrons. The predicted octanol–water partition coefficient (Wildman–Crippen LogP) is 8.02. The molecule has 0 spiro atoms. The van der Waals surface area contributed by atoms with Gasteiger partial charge in [0.2, 0.25) is 0 Å². The Bertz CT molecular complexity index is 4010. The third-order valence-corrected chi connectivity index (χ3v) is 13.5. The molecule has 0 saturated carbocycles. The molecule has 6 heterocycles. The van der Waals surface area contributed by atoms with Crippen LogP contribution in [0.5, 0.6) is 0 Å². The fourth-order valence-corrected chi connectivity index (χ4v) is 9.68. The van der Waals surface area contributed by atoms with Gasteiger partial charge in [-0.15, -0.1) is 0 Å². The summed E-state index contributed by atoms with van der Waals surface area (Å²) in [5.41, 5.74) is 11.2. The molecule has 4 aromatic heterocycles. The summed E-state index contributed by atoms with van der Waals surface area (Å²) in [6, 6.07) is 33.0. The van der Waals surface area contributed by atoms with E-state index in [9.17, 15) is 42.6 Å². The van der Waals surface area contributed by atoms with E-state index in [1.807, 2.05) is 18.2 Å². The average molecular weight is 1080 g/mol. The van der Waals surface area contributed by atoms with Gasteiger partial charge in [0.15, 0.2) is 11.4 Å². The predicted molar refractivity (Wildman–Crippen MR) is 291 cm³/mol. The lowest BCUT2D eigenvalue weighted by molar-refractivity contribution is 0.0690. The van der Waals surface area contributed by atoms with Crippen LogP contribution in [0.15, 0.2) is 131 Å². The van der Waals surface area contributed by atoms with E-state index in [0.29, 0.717) is 123 Å². The number of carbonyl (C=O) groups excluding carboxylic acids is 1. The Morgan fingerprint density at radius 1 is 0.671 bits per heavy atom. The van der Waals surface area contributed by atoms with E-state index in [1.54, 1.807) is 82.2 Å². The number of nitrogens with one attached hydrogen (secondary N) is 3. The first kappa shape index (κ1) is 53.3. The minimum absolute atomic E-state index is 0.0334. The molecule has 22 heteroatoms. The lowest BCUT2D eigenvalue weighted by Crippen LogP contribution is -2.16. The van der Waals surface area contributed by atoms with Gasteiger partial charge in [-0.25, -0.2) is 23.8 Å². The standard InChI is InChI=1S/C28H24FN5O4.C15H13N3O2.C13H13FN2O3.CH3F/c29-18-5-7-23-24(12-18)34(13-16-9-10-38-15-16)33-26(23)28(37)30-19-6-8-20(17(11-19)14-35)25-21-3-1-2-4-22(21)27(36)32-31-25;16-10-5-6-11(9(7-10)8-19)14-12-3-1-2-4-13(12)15(20)18-17-14;14-9-1-2-10-11(5-9)16(15-12(10)13(17)18)6-8-3-4-19-7-8;1-2/h1-8,11-12,16,35H,9-10,13-15H2,(H,30,37)(H,32,36);1-7,19H,8,16H2,(H,18,20);1-2,5,8H,3-4,6-7H2,(H,17,18);1H3/i;;;1D. The van der Waals surface area contributed by atoms with Crippen molar-refractivity contribution in [3.8, 4) is 22.5 Å². The summed E-state index contributed by atoms with van der Waals surface area (Å²) in [5, 5.41) is 57.0. The third-order valence-electron chi connectivity index (χ3n) is 13.5. The van der Waals surface area contributed by atoms with Gasteiger partial charge in [0.05, 0.1) is 68.1 Å². The summed E-state index contributed by atoms with van der Waals surface area (Å²) >= 11 is 0. The lowest BCUT2D eigenvalue weighted by Gasteiger charge is -2.12. The number of alkyl halides is 1. The van der Waals surface area contributed by atoms with Crippen LogP contribution in [0.1, 0.15) is 46.3 Å². The van der Waals surface area contributed by atoms with E-state index < -0.39 is 30.7 Å². The summed E-state index contributed by atoms with van der Waals surface area (Å²) < 4.78 is 56.9. The van der Waals surface area contributed by atoms with E-state index in [1.165, 1.54) is 30.3 Å². The highest BCUT2D eigenvalue weighted by Crippen LogP contribution is 2.32. The largest absolute Gasteiger partial charge is 0.476 e. The monoisotopic (exact) mass is 1080 g/mol. The first-order chi connectivity index (χ1) is 38.8. The Labute approximate surface area is 448 Å². The minimum atomic E-state index is -1.10. The molecule has 406 valence electrons. The van der Waals surface area contributed by atoms with Crippen LogP contribution in [-0.2, 0) is 35.8 Å². The fourth-order valence-electron chi connectivity index (χ4n) is 9.68. The van der Waals surface area contributed by atoms with Crippen molar-refractivity contribution in [2.45, 2.75) is 39.1 Å². The molecule has 0 aliphatic carbocycles. The van der Waals surface area contributed by atoms with Gasteiger partial charge in [0, 0.05) is 82.2 Å². The quantitative estimate of drug-likeness (QED) is 0.0604. The van der Waals surface area contributed by atoms with Crippen LogP contribution in [0, 0.1) is 23.5 Å². The number of aromatic carboxylic acids is 1. The topological polar surface area (TPSA) is 278 Å². The molecular formula is C57H53F3N10O9. The van der Waals surface area contributed by atoms with Crippen LogP contribution in [0.2, 0.25) is 0 Å². The van der Waals surface area contributed by atoms with Crippen LogP contribution in [0.4, 0.5) is 24.5 Å². The van der Waals surface area contributed by atoms with Gasteiger partial charge in [0.25, 0.3) is 17.0 Å². The Morgan fingerprint density at radius 2 is 1.14 bits per heavy atom. The number of aromatic nitrogens is 8. The molecule has 2 fully saturated rings. The van der Waals surface area contributed by atoms with Gasteiger partial charge in [-0.2, -0.15) is 20.4 Å². The SMILES string of the molecule is Nc1ccc(-c2n[nH]c(=O)c3ccccc23)c(CO)c1.O=C(Nc1ccc(-c2n[nH]c(=O)c3ccccc23)c(CO)c1)c1nn(CC2CCOC2)c2cc(F)ccc12.O=C(O)c1nn(CC2CCOC2)c2cc(F)ccc12.[2H]CF. The van der Waals surface area contributed by atoms with Crippen molar-refractivity contribution in [2.24, 2.45) is 11.8 Å². The van der Waals surface area contributed by atoms with Gasteiger partial charge in [-0.05, 0) is 96.8 Å². The maximum atomic E-state index is 14.1. The number of aliphatic hydroxyl groups is 2. The normalized spacial score (nSPS) is 15.0. The van der Waals surface area contributed by atoms with Crippen molar-refractivity contribution >= 4 is 66.6 Å². The van der Waals surface area contributed by atoms with Crippen LogP contribution < -0.4 is 22.2 Å². The number of carboxylic acid groups (broad SMARTS) is 1. The number of hydrogen-bond acceptors (Lipinski definition) is 13. The van der Waals surface area contributed by atoms with Gasteiger partial charge in [-0.1, -0.05) is 48.5 Å². The molecule has 2 aliphatic heterocycles. The number of nitrogen functional groups attached to an aromatic ring is 1. The number of aliphatic hydroxyl groups excluding tert-OH is 2. The summed E-state index contributed by atoms with van der Waals surface area (Å²) in [6.07, 6.45) is 1.80. The Morgan fingerprint density at radius 3 is 1.62 bits per heavy atom. The molecule has 1 amide bonds. The number of aromatic amines is 2. The van der Waals surface area contributed by atoms with Crippen molar-refractivity contribution in [3.63, 3.8) is 0 Å². The number of nitrogens with two attached hydrogens (primary N) is 1. The number of ether oxygens (including phenoxy) is 2. The zero-order valence-electron chi connectivity index (χ0n) is 43.2. The molecule has 0 bridgehead atoms. The maximum absolute atomic E-state index is 14.1. The van der Waals surface area contributed by atoms with E-state index in [2.05, 4.69) is 35.9 Å². The number of carbonyl (C=O) groups is 2. The molecule has 19 nitrogen and oxygen atoms in total. The third kappa shape index (κ3) is 11.9. The molecule has 12 rings (SSSR count). The maximum Gasteiger partial charge on any atom is 0.357 e. The van der Waals surface area contributed by atoms with E-state index in [0.717, 1.165) is 23.8 Å². The van der Waals surface area contributed by atoms with E-state index in [4.69, 9.17) is 21.7 Å². The number of anilines is 2. The zero-order chi connectivity index (χ0) is 56.5. The summed E-state index contributed by atoms with van der Waals surface area (Å²) in [4.78, 5) is 48.4. The molecule has 79 heavy (non-hydrogen) atoms. The molecule has 6 aromatic carbocycles. The highest BCUT2D eigenvalue weighted by Gasteiger charge is 2.24. The Hall–Kier alpha value is -9.09. The van der Waals surface area contributed by atoms with E-state index in [-0.39, 0.29) is 41.6 Å². The number of H-pyrrole nitrogens is 2. The lowest BCUT2D eigenvalue weighted by atomic mass is 9.99. The highest BCUT2D eigenvalue weighted by molar-refractivity contribution is 6.11. The summed E-state index contributed by atoms with van der Waals surface area (Å²) in [5.74, 6) is -1.80. The molecule has 2 aliphatic rings. The number of fused-ring (bicyclic) bond motifs is 4. The molecule has 2 saturated heterocycles. The van der Waals surface area contributed by atoms with Gasteiger partial charge in [-0.3, -0.25) is 28.1 Å². The first-order valence-corrected chi connectivity index (χ1v) is 24.8. The van der Waals surface area contributed by atoms with Crippen LogP contribution >= 0.6 is 0 Å². The minimum Gasteiger partial charge on any atom is -0.476 e. The molecule has 2 atom stereocenters. The number of hydrogen-bond donors (Lipinski definition) is 7. The Kier molecular flexibility index (Phi) is 16.5. The van der Waals surface area contributed by atoms with Crippen molar-refractivity contribution in [3.05, 3.63) is 176 Å². The average Bonchev–Trinajstić information content (AvgIpc) is 4.40. The summed E-state index contributed by atoms with van der Waals surface area (Å²) in [7, 11) is -1.00. The first-order valence-electron chi connectivity index (χ1n) is 25.6. The van der Waals surface area contributed by atoms with Gasteiger partial charge in [0.1, 0.15) is 11.6 Å². The molecule has 2 unspecified atom stereocenters. The number of benzene rings is 6. The number of rotatable bonds is 11. The van der Waals surface area contributed by atoms with Gasteiger partial charge >= 0.3 is 5.97 Å². The van der Waals surface area contributed by atoms with Crippen molar-refractivity contribution < 1.29 is 48.9 Å². The second-order valence-corrected chi connectivity index (χ2v) is 18.6. The second kappa shape index (κ2) is 24.5. The molecular weight excluding hydrogens is 1030 g/mol. The highest BCUT2D eigenvalue weighted by atomic mass is 19.1. The van der Waals surface area contributed by atoms with Crippen LogP contribution in [-0.4, -0.2) is 101 Å². The van der Waals surface area contributed by atoms with Crippen molar-refractivity contribution in [1.82, 2.24) is 40.0 Å². The molecule has 8 N–H and O–H groups in total. The van der Waals surface area contributed by atoms with Crippen molar-refractivity contribution in [2.75, 3.05) is 44.6 Å². The molecule has 10 aromatic rings. The smallest absolute Gasteiger partial charge is 0.357 e. The summed E-state index contributed by atoms with van der Waals surface area (Å²) in [6.45, 7) is 3.25.